The molecule has 23 heavy (non-hydrogen) atoms. The van der Waals surface area contributed by atoms with Gasteiger partial charge in [0, 0.05) is 0 Å². The van der Waals surface area contributed by atoms with Gasteiger partial charge in [-0.05, 0) is 31.2 Å². The van der Waals surface area contributed by atoms with Crippen LogP contribution in [0.25, 0.3) is 11.1 Å². The summed E-state index contributed by atoms with van der Waals surface area (Å²) >= 11 is 0. The Bertz CT molecular complexity index is 873. The van der Waals surface area contributed by atoms with Crippen LogP contribution >= 0.6 is 0 Å². The molecule has 2 N–H and O–H groups in total. The highest BCUT2D eigenvalue weighted by Crippen LogP contribution is 2.19. The first-order valence-corrected chi connectivity index (χ1v) is 7.09. The van der Waals surface area contributed by atoms with E-state index in [4.69, 9.17) is 8.83 Å². The first kappa shape index (κ1) is 15.1. The number of rotatable bonds is 5. The number of nitrogens with zero attached hydrogens (tertiary/aromatic N) is 1. The summed E-state index contributed by atoms with van der Waals surface area (Å²) in [5, 5.41) is 12.9. The largest absolute Gasteiger partial charge is 0.466 e. The molecule has 1 aromatic carbocycles. The van der Waals surface area contributed by atoms with E-state index in [0.29, 0.717) is 16.9 Å². The molecule has 3 aromatic rings. The van der Waals surface area contributed by atoms with Crippen molar-refractivity contribution < 1.29 is 18.7 Å². The Hall–Kier alpha value is -2.80. The fraction of sp³-hybridized carbons (Fsp3) is 0.250. The lowest BCUT2D eigenvalue weighted by Gasteiger charge is -2.21. The third-order valence-corrected chi connectivity index (χ3v) is 3.56. The highest BCUT2D eigenvalue weighted by atomic mass is 16.4. The van der Waals surface area contributed by atoms with E-state index in [9.17, 15) is 14.7 Å². The first-order valence-electron chi connectivity index (χ1n) is 7.09. The van der Waals surface area contributed by atoms with Gasteiger partial charge in [0.05, 0.1) is 18.3 Å². The van der Waals surface area contributed by atoms with Crippen LogP contribution in [0.5, 0.6) is 0 Å². The summed E-state index contributed by atoms with van der Waals surface area (Å²) in [6, 6.07) is 10.1. The van der Waals surface area contributed by atoms with Gasteiger partial charge in [0.15, 0.2) is 5.58 Å². The Balaban J connectivity index is 1.70. The molecule has 0 saturated heterocycles. The van der Waals surface area contributed by atoms with Crippen molar-refractivity contribution in [1.29, 1.82) is 0 Å². The monoisotopic (exact) mass is 316 g/mol. The lowest BCUT2D eigenvalue weighted by atomic mass is 10.0. The third-order valence-electron chi connectivity index (χ3n) is 3.56. The topological polar surface area (TPSA) is 97.6 Å². The van der Waals surface area contributed by atoms with Gasteiger partial charge in [0.1, 0.15) is 17.9 Å². The standard InChI is InChI=1S/C16H16N2O5/c1-16(21,13-7-4-8-22-13)10-17-14(19)9-18-11-5-2-3-6-12(11)23-15(18)20/h2-8,21H,9-10H2,1H3,(H,17,19). The van der Waals surface area contributed by atoms with Crippen molar-refractivity contribution in [1.82, 2.24) is 9.88 Å². The van der Waals surface area contributed by atoms with E-state index >= 15 is 0 Å². The van der Waals surface area contributed by atoms with Crippen LogP contribution in [-0.4, -0.2) is 22.1 Å². The molecule has 2 heterocycles. The molecular weight excluding hydrogens is 300 g/mol. The van der Waals surface area contributed by atoms with Gasteiger partial charge < -0.3 is 19.3 Å². The van der Waals surface area contributed by atoms with Crippen molar-refractivity contribution in [2.45, 2.75) is 19.1 Å². The van der Waals surface area contributed by atoms with Crippen molar-refractivity contribution in [3.63, 3.8) is 0 Å². The number of amides is 1. The van der Waals surface area contributed by atoms with E-state index in [-0.39, 0.29) is 13.1 Å². The lowest BCUT2D eigenvalue weighted by Crippen LogP contribution is -2.40. The van der Waals surface area contributed by atoms with Gasteiger partial charge in [0.25, 0.3) is 0 Å². The highest BCUT2D eigenvalue weighted by Gasteiger charge is 2.27. The van der Waals surface area contributed by atoms with Gasteiger partial charge in [-0.3, -0.25) is 9.36 Å². The molecule has 0 aliphatic rings. The molecule has 1 unspecified atom stereocenters. The Kier molecular flexibility index (Phi) is 3.79. The zero-order chi connectivity index (χ0) is 16.4. The number of nitrogens with one attached hydrogen (secondary N) is 1. The second-order valence-electron chi connectivity index (χ2n) is 5.45. The van der Waals surface area contributed by atoms with Crippen LogP contribution in [0, 0.1) is 0 Å². The summed E-state index contributed by atoms with van der Waals surface area (Å²) in [4.78, 5) is 23.9. The van der Waals surface area contributed by atoms with Gasteiger partial charge >= 0.3 is 5.76 Å². The number of hydrogen-bond donors (Lipinski definition) is 2. The van der Waals surface area contributed by atoms with Gasteiger partial charge in [-0.1, -0.05) is 12.1 Å². The molecule has 0 aliphatic heterocycles. The maximum atomic E-state index is 12.1. The van der Waals surface area contributed by atoms with Crippen molar-refractivity contribution in [3.8, 4) is 0 Å². The summed E-state index contributed by atoms with van der Waals surface area (Å²) in [5.74, 6) is -0.659. The molecule has 0 spiro atoms. The number of benzene rings is 1. The zero-order valence-corrected chi connectivity index (χ0v) is 12.5. The van der Waals surface area contributed by atoms with Crippen LogP contribution in [-0.2, 0) is 16.9 Å². The lowest BCUT2D eigenvalue weighted by molar-refractivity contribution is -0.123. The summed E-state index contributed by atoms with van der Waals surface area (Å²) in [6.07, 6.45) is 1.45. The van der Waals surface area contributed by atoms with Crippen molar-refractivity contribution in [2.24, 2.45) is 0 Å². The molecule has 120 valence electrons. The number of para-hydroxylation sites is 2. The molecule has 1 amide bonds. The minimum absolute atomic E-state index is 0.0378. The molecule has 0 aliphatic carbocycles. The number of hydrogen-bond acceptors (Lipinski definition) is 5. The summed E-state index contributed by atoms with van der Waals surface area (Å²) in [7, 11) is 0. The van der Waals surface area contributed by atoms with Gasteiger partial charge in [0.2, 0.25) is 5.91 Å². The van der Waals surface area contributed by atoms with Crippen LogP contribution in [0.2, 0.25) is 0 Å². The van der Waals surface area contributed by atoms with Crippen LogP contribution < -0.4 is 11.1 Å². The molecule has 0 bridgehead atoms. The van der Waals surface area contributed by atoms with E-state index < -0.39 is 17.3 Å². The number of oxazole rings is 1. The summed E-state index contributed by atoms with van der Waals surface area (Å²) in [5.41, 5.74) is -0.360. The number of fused-ring (bicyclic) bond motifs is 1. The quantitative estimate of drug-likeness (QED) is 0.737. The van der Waals surface area contributed by atoms with Crippen molar-refractivity contribution in [3.05, 3.63) is 59.0 Å². The molecule has 0 radical (unpaired) electrons. The normalized spacial score (nSPS) is 13.8. The van der Waals surface area contributed by atoms with E-state index in [1.165, 1.54) is 17.8 Å². The van der Waals surface area contributed by atoms with Crippen molar-refractivity contribution >= 4 is 17.0 Å². The van der Waals surface area contributed by atoms with Crippen molar-refractivity contribution in [2.75, 3.05) is 6.54 Å². The Morgan fingerprint density at radius 3 is 2.83 bits per heavy atom. The average molecular weight is 316 g/mol. The van der Waals surface area contributed by atoms with Crippen LogP contribution in [0.1, 0.15) is 12.7 Å². The summed E-state index contributed by atoms with van der Waals surface area (Å²) < 4.78 is 11.5. The number of carbonyl (C=O) groups is 1. The maximum Gasteiger partial charge on any atom is 0.420 e. The Morgan fingerprint density at radius 2 is 2.09 bits per heavy atom. The molecule has 7 heteroatoms. The van der Waals surface area contributed by atoms with Gasteiger partial charge in [-0.25, -0.2) is 4.79 Å². The van der Waals surface area contributed by atoms with E-state index in [0.717, 1.165) is 0 Å². The highest BCUT2D eigenvalue weighted by molar-refractivity contribution is 5.79. The Labute approximate surface area is 131 Å². The van der Waals surface area contributed by atoms with E-state index in [2.05, 4.69) is 5.32 Å². The number of furan rings is 1. The SMILES string of the molecule is CC(O)(CNC(=O)Cn1c(=O)oc2ccccc21)c1ccco1. The molecule has 7 nitrogen and oxygen atoms in total. The Morgan fingerprint density at radius 1 is 1.30 bits per heavy atom. The fourth-order valence-electron chi connectivity index (χ4n) is 2.31. The van der Waals surface area contributed by atoms with E-state index in [1.807, 2.05) is 0 Å². The number of aliphatic hydroxyl groups is 1. The van der Waals surface area contributed by atoms with Gasteiger partial charge in [-0.15, -0.1) is 0 Å². The molecule has 0 saturated carbocycles. The molecular formula is C16H16N2O5. The second kappa shape index (κ2) is 5.77. The minimum Gasteiger partial charge on any atom is -0.466 e. The maximum absolute atomic E-state index is 12.1. The van der Waals surface area contributed by atoms with E-state index in [1.54, 1.807) is 36.4 Å². The smallest absolute Gasteiger partial charge is 0.420 e. The zero-order valence-electron chi connectivity index (χ0n) is 12.5. The minimum atomic E-state index is -1.33. The molecule has 2 aromatic heterocycles. The summed E-state index contributed by atoms with van der Waals surface area (Å²) in [6.45, 7) is 1.31. The fourth-order valence-corrected chi connectivity index (χ4v) is 2.31. The molecule has 0 fully saturated rings. The average Bonchev–Trinajstić information content (AvgIpc) is 3.15. The predicted octanol–water partition coefficient (Wildman–Crippen LogP) is 1.21. The third kappa shape index (κ3) is 3.04. The predicted molar refractivity (Wildman–Crippen MR) is 81.8 cm³/mol. The number of aromatic nitrogens is 1. The van der Waals surface area contributed by atoms with Gasteiger partial charge in [-0.2, -0.15) is 0 Å². The van der Waals surface area contributed by atoms with Crippen LogP contribution in [0.4, 0.5) is 0 Å². The molecule has 1 atom stereocenters. The van der Waals surface area contributed by atoms with Crippen LogP contribution in [0.3, 0.4) is 0 Å². The number of carbonyl (C=O) groups excluding carboxylic acids is 1. The molecule has 3 rings (SSSR count). The van der Waals surface area contributed by atoms with Crippen LogP contribution in [0.15, 0.2) is 56.3 Å². The first-order chi connectivity index (χ1) is 11.0. The second-order valence-corrected chi connectivity index (χ2v) is 5.45.